The van der Waals surface area contributed by atoms with E-state index in [4.69, 9.17) is 19.9 Å². The maximum absolute atomic E-state index is 11.7. The van der Waals surface area contributed by atoms with Gasteiger partial charge in [0.25, 0.3) is 0 Å². The van der Waals surface area contributed by atoms with Crippen LogP contribution < -0.4 is 15.2 Å². The Balaban J connectivity index is 2.69. The molecule has 2 N–H and O–H groups in total. The minimum Gasteiger partial charge on any atom is -0.496 e. The molecule has 0 unspecified atom stereocenters. The Morgan fingerprint density at radius 2 is 1.62 bits per heavy atom. The molecule has 0 atom stereocenters. The van der Waals surface area contributed by atoms with Gasteiger partial charge in [0.1, 0.15) is 11.5 Å². The van der Waals surface area contributed by atoms with Gasteiger partial charge in [-0.1, -0.05) is 6.07 Å². The summed E-state index contributed by atoms with van der Waals surface area (Å²) in [6.07, 6.45) is 0. The molecule has 21 heavy (non-hydrogen) atoms. The number of carbonyl (C=O) groups excluding carboxylic acids is 1. The van der Waals surface area contributed by atoms with Gasteiger partial charge in [-0.05, 0) is 30.3 Å². The van der Waals surface area contributed by atoms with Gasteiger partial charge in [0, 0.05) is 11.3 Å². The molecule has 5 heteroatoms. The number of hydrogen-bond donors (Lipinski definition) is 1. The van der Waals surface area contributed by atoms with Crippen LogP contribution in [0.3, 0.4) is 0 Å². The van der Waals surface area contributed by atoms with Crippen molar-refractivity contribution in [1.82, 2.24) is 0 Å². The predicted molar refractivity (Wildman–Crippen MR) is 80.7 cm³/mol. The third kappa shape index (κ3) is 2.76. The van der Waals surface area contributed by atoms with E-state index in [0.717, 1.165) is 0 Å². The van der Waals surface area contributed by atoms with E-state index in [9.17, 15) is 4.79 Å². The molecule has 0 saturated heterocycles. The fourth-order valence-corrected chi connectivity index (χ4v) is 2.13. The van der Waals surface area contributed by atoms with Crippen molar-refractivity contribution in [2.45, 2.75) is 0 Å². The van der Waals surface area contributed by atoms with Crippen LogP contribution in [0.5, 0.6) is 11.5 Å². The van der Waals surface area contributed by atoms with Gasteiger partial charge in [0.2, 0.25) is 0 Å². The molecule has 0 aliphatic heterocycles. The Morgan fingerprint density at radius 3 is 2.14 bits per heavy atom. The Kier molecular flexibility index (Phi) is 4.33. The highest BCUT2D eigenvalue weighted by atomic mass is 16.5. The first-order valence-corrected chi connectivity index (χ1v) is 6.31. The van der Waals surface area contributed by atoms with Crippen LogP contribution in [0.1, 0.15) is 10.4 Å². The largest absolute Gasteiger partial charge is 0.496 e. The summed E-state index contributed by atoms with van der Waals surface area (Å²) >= 11 is 0. The molecule has 0 aliphatic rings. The fourth-order valence-electron chi connectivity index (χ4n) is 2.13. The van der Waals surface area contributed by atoms with E-state index in [1.54, 1.807) is 32.4 Å². The number of methoxy groups -OCH3 is 3. The summed E-state index contributed by atoms with van der Waals surface area (Å²) in [7, 11) is 4.47. The lowest BCUT2D eigenvalue weighted by molar-refractivity contribution is 0.0601. The molecular formula is C16H17NO4. The van der Waals surface area contributed by atoms with Crippen LogP contribution in [-0.4, -0.2) is 27.3 Å². The topological polar surface area (TPSA) is 70.8 Å². The summed E-state index contributed by atoms with van der Waals surface area (Å²) in [5.41, 5.74) is 8.34. The summed E-state index contributed by atoms with van der Waals surface area (Å²) in [5, 5.41) is 0. The van der Waals surface area contributed by atoms with Gasteiger partial charge in [-0.25, -0.2) is 4.79 Å². The molecule has 0 bridgehead atoms. The number of anilines is 1. The van der Waals surface area contributed by atoms with Gasteiger partial charge in [-0.15, -0.1) is 0 Å². The van der Waals surface area contributed by atoms with Crippen LogP contribution in [0.2, 0.25) is 0 Å². The highest BCUT2D eigenvalue weighted by molar-refractivity contribution is 5.94. The molecule has 0 fully saturated rings. The zero-order valence-electron chi connectivity index (χ0n) is 12.2. The second kappa shape index (κ2) is 6.17. The third-order valence-electron chi connectivity index (χ3n) is 3.17. The van der Waals surface area contributed by atoms with Crippen LogP contribution in [-0.2, 0) is 4.74 Å². The molecule has 0 aromatic heterocycles. The second-order valence-electron chi connectivity index (χ2n) is 4.33. The van der Waals surface area contributed by atoms with Crippen LogP contribution in [0.25, 0.3) is 11.1 Å². The molecule has 2 rings (SSSR count). The first-order chi connectivity index (χ1) is 10.1. The molecule has 0 saturated carbocycles. The van der Waals surface area contributed by atoms with Crippen LogP contribution in [0.4, 0.5) is 5.69 Å². The smallest absolute Gasteiger partial charge is 0.337 e. The van der Waals surface area contributed by atoms with Crippen molar-refractivity contribution in [3.05, 3.63) is 42.0 Å². The van der Waals surface area contributed by atoms with E-state index >= 15 is 0 Å². The number of nitrogens with two attached hydrogens (primary N) is 1. The minimum absolute atomic E-state index is 0.412. The fraction of sp³-hybridized carbons (Fsp3) is 0.188. The number of ether oxygens (including phenoxy) is 3. The molecule has 0 radical (unpaired) electrons. The van der Waals surface area contributed by atoms with Crippen molar-refractivity contribution in [2.75, 3.05) is 27.1 Å². The van der Waals surface area contributed by atoms with E-state index in [-0.39, 0.29) is 0 Å². The molecule has 2 aromatic carbocycles. The molecular weight excluding hydrogens is 270 g/mol. The highest BCUT2D eigenvalue weighted by Crippen LogP contribution is 2.41. The van der Waals surface area contributed by atoms with Gasteiger partial charge in [-0.3, -0.25) is 0 Å². The number of carbonyl (C=O) groups is 1. The van der Waals surface area contributed by atoms with Crippen LogP contribution in [0.15, 0.2) is 36.4 Å². The van der Waals surface area contributed by atoms with Crippen molar-refractivity contribution in [2.24, 2.45) is 0 Å². The summed E-state index contributed by atoms with van der Waals surface area (Å²) in [4.78, 5) is 11.7. The SMILES string of the molecule is COC(=O)c1ccc(N)c(-c2c(OC)cccc2OC)c1. The second-order valence-corrected chi connectivity index (χ2v) is 4.33. The Morgan fingerprint density at radius 1 is 1.00 bits per heavy atom. The molecule has 110 valence electrons. The maximum atomic E-state index is 11.7. The summed E-state index contributed by atoms with van der Waals surface area (Å²) in [6, 6.07) is 10.4. The lowest BCUT2D eigenvalue weighted by Gasteiger charge is -2.15. The predicted octanol–water partition coefficient (Wildman–Crippen LogP) is 2.74. The highest BCUT2D eigenvalue weighted by Gasteiger charge is 2.17. The monoisotopic (exact) mass is 287 g/mol. The van der Waals surface area contributed by atoms with E-state index in [1.807, 2.05) is 18.2 Å². The van der Waals surface area contributed by atoms with E-state index < -0.39 is 5.97 Å². The minimum atomic E-state index is -0.426. The summed E-state index contributed by atoms with van der Waals surface area (Å²) in [6.45, 7) is 0. The Labute approximate surface area is 123 Å². The molecule has 0 amide bonds. The number of hydrogen-bond acceptors (Lipinski definition) is 5. The van der Waals surface area contributed by atoms with Gasteiger partial charge in [0.15, 0.2) is 0 Å². The number of benzene rings is 2. The van der Waals surface area contributed by atoms with Gasteiger partial charge >= 0.3 is 5.97 Å². The maximum Gasteiger partial charge on any atom is 0.337 e. The quantitative estimate of drug-likeness (QED) is 0.691. The van der Waals surface area contributed by atoms with Gasteiger partial charge < -0.3 is 19.9 Å². The molecule has 5 nitrogen and oxygen atoms in total. The third-order valence-corrected chi connectivity index (χ3v) is 3.17. The van der Waals surface area contributed by atoms with Crippen LogP contribution >= 0.6 is 0 Å². The standard InChI is InChI=1S/C16H17NO4/c1-19-13-5-4-6-14(20-2)15(13)11-9-10(16(18)21-3)7-8-12(11)17/h4-9H,17H2,1-3H3. The molecule has 2 aromatic rings. The van der Waals surface area contributed by atoms with Crippen molar-refractivity contribution in [1.29, 1.82) is 0 Å². The van der Waals surface area contributed by atoms with E-state index in [2.05, 4.69) is 0 Å². The lowest BCUT2D eigenvalue weighted by atomic mass is 9.99. The first kappa shape index (κ1) is 14.7. The average Bonchev–Trinajstić information content (AvgIpc) is 2.53. The first-order valence-electron chi connectivity index (χ1n) is 6.31. The van der Waals surface area contributed by atoms with Crippen molar-refractivity contribution in [3.63, 3.8) is 0 Å². The molecule has 0 aliphatic carbocycles. The Hall–Kier alpha value is -2.69. The van der Waals surface area contributed by atoms with Crippen molar-refractivity contribution >= 4 is 11.7 Å². The molecule has 0 spiro atoms. The summed E-state index contributed by atoms with van der Waals surface area (Å²) in [5.74, 6) is 0.802. The van der Waals surface area contributed by atoms with E-state index in [1.165, 1.54) is 7.11 Å². The Bertz CT molecular complexity index is 645. The van der Waals surface area contributed by atoms with E-state index in [0.29, 0.717) is 33.9 Å². The lowest BCUT2D eigenvalue weighted by Crippen LogP contribution is -2.03. The van der Waals surface area contributed by atoms with Crippen molar-refractivity contribution in [3.8, 4) is 22.6 Å². The van der Waals surface area contributed by atoms with Crippen LogP contribution in [0, 0.1) is 0 Å². The number of nitrogen functional groups attached to an aromatic ring is 1. The van der Waals surface area contributed by atoms with Gasteiger partial charge in [0.05, 0.1) is 32.5 Å². The number of esters is 1. The normalized spacial score (nSPS) is 10.0. The molecule has 0 heterocycles. The zero-order chi connectivity index (χ0) is 15.4. The average molecular weight is 287 g/mol. The number of rotatable bonds is 4. The van der Waals surface area contributed by atoms with Crippen molar-refractivity contribution < 1.29 is 19.0 Å². The zero-order valence-corrected chi connectivity index (χ0v) is 12.2. The van der Waals surface area contributed by atoms with Gasteiger partial charge in [-0.2, -0.15) is 0 Å². The summed E-state index contributed by atoms with van der Waals surface area (Å²) < 4.78 is 15.5.